The highest BCUT2D eigenvalue weighted by Gasteiger charge is 2.01. The maximum absolute atomic E-state index is 2.40. The van der Waals surface area contributed by atoms with Gasteiger partial charge in [0.05, 0.1) is 0 Å². The van der Waals surface area contributed by atoms with E-state index in [1.54, 1.807) is 11.1 Å². The van der Waals surface area contributed by atoms with Crippen LogP contribution in [0.1, 0.15) is 94.7 Å². The lowest BCUT2D eigenvalue weighted by Crippen LogP contribution is -1.94. The van der Waals surface area contributed by atoms with Crippen LogP contribution in [0.4, 0.5) is 0 Å². The molecule has 0 saturated heterocycles. The van der Waals surface area contributed by atoms with Gasteiger partial charge in [-0.25, -0.2) is 0 Å². The molecule has 0 radical (unpaired) electrons. The van der Waals surface area contributed by atoms with Crippen LogP contribution in [0.3, 0.4) is 0 Å². The van der Waals surface area contributed by atoms with Gasteiger partial charge in [-0.05, 0) is 37.3 Å². The lowest BCUT2D eigenvalue weighted by molar-refractivity contribution is 0.556. The molecule has 0 atom stereocenters. The molecule has 0 heteroatoms. The third-order valence-corrected chi connectivity index (χ3v) is 4.54. The SMILES string of the molecule is CCCCCCCCCCCCc1cc(C)ccc1CC. The summed E-state index contributed by atoms with van der Waals surface area (Å²) in [5.74, 6) is 0. The molecule has 0 spiro atoms. The summed E-state index contributed by atoms with van der Waals surface area (Å²) in [5, 5.41) is 0. The molecule has 0 fully saturated rings. The Morgan fingerprint density at radius 3 is 1.81 bits per heavy atom. The van der Waals surface area contributed by atoms with Crippen LogP contribution in [0.25, 0.3) is 0 Å². The van der Waals surface area contributed by atoms with Gasteiger partial charge in [-0.3, -0.25) is 0 Å². The molecule has 1 aromatic carbocycles. The van der Waals surface area contributed by atoms with Gasteiger partial charge in [-0.15, -0.1) is 0 Å². The van der Waals surface area contributed by atoms with Gasteiger partial charge < -0.3 is 0 Å². The fraction of sp³-hybridized carbons (Fsp3) is 0.714. The zero-order valence-corrected chi connectivity index (χ0v) is 14.7. The molecular weight excluding hydrogens is 252 g/mol. The minimum Gasteiger partial charge on any atom is -0.0654 e. The van der Waals surface area contributed by atoms with Gasteiger partial charge in [-0.2, -0.15) is 0 Å². The van der Waals surface area contributed by atoms with E-state index in [2.05, 4.69) is 39.0 Å². The Kier molecular flexibility index (Phi) is 10.3. The quantitative estimate of drug-likeness (QED) is 0.362. The van der Waals surface area contributed by atoms with Crippen molar-refractivity contribution in [3.8, 4) is 0 Å². The fourth-order valence-corrected chi connectivity index (χ4v) is 3.14. The Balaban J connectivity index is 2.05. The summed E-state index contributed by atoms with van der Waals surface area (Å²) >= 11 is 0. The largest absolute Gasteiger partial charge is 0.0654 e. The van der Waals surface area contributed by atoms with Crippen molar-refractivity contribution < 1.29 is 0 Å². The van der Waals surface area contributed by atoms with Gasteiger partial charge in [0.2, 0.25) is 0 Å². The molecule has 0 aliphatic carbocycles. The summed E-state index contributed by atoms with van der Waals surface area (Å²) in [5.41, 5.74) is 4.56. The second kappa shape index (κ2) is 11.8. The number of rotatable bonds is 12. The standard InChI is InChI=1S/C21H36/c1-4-6-7-8-9-10-11-12-13-14-15-21-18-19(3)16-17-20(21)5-2/h16-18H,4-15H2,1-3H3. The van der Waals surface area contributed by atoms with E-state index in [1.165, 1.54) is 82.6 Å². The fourth-order valence-electron chi connectivity index (χ4n) is 3.14. The monoisotopic (exact) mass is 288 g/mol. The molecule has 0 heterocycles. The molecule has 0 N–H and O–H groups in total. The van der Waals surface area contributed by atoms with Crippen LogP contribution in [-0.4, -0.2) is 0 Å². The van der Waals surface area contributed by atoms with Gasteiger partial charge in [0.15, 0.2) is 0 Å². The third-order valence-electron chi connectivity index (χ3n) is 4.54. The number of hydrogen-bond donors (Lipinski definition) is 0. The molecule has 0 bridgehead atoms. The van der Waals surface area contributed by atoms with Gasteiger partial charge in [0.1, 0.15) is 0 Å². The first kappa shape index (κ1) is 18.3. The van der Waals surface area contributed by atoms with Crippen LogP contribution in [0.2, 0.25) is 0 Å². The van der Waals surface area contributed by atoms with Gasteiger partial charge in [-0.1, -0.05) is 95.4 Å². The lowest BCUT2D eigenvalue weighted by atomic mass is 9.97. The van der Waals surface area contributed by atoms with Crippen molar-refractivity contribution in [1.82, 2.24) is 0 Å². The summed E-state index contributed by atoms with van der Waals surface area (Å²) in [6, 6.07) is 6.97. The maximum Gasteiger partial charge on any atom is -0.0276 e. The first-order valence-electron chi connectivity index (χ1n) is 9.36. The number of hydrogen-bond acceptors (Lipinski definition) is 0. The highest BCUT2D eigenvalue weighted by Crippen LogP contribution is 2.17. The van der Waals surface area contributed by atoms with Crippen molar-refractivity contribution in [1.29, 1.82) is 0 Å². The van der Waals surface area contributed by atoms with Crippen molar-refractivity contribution in [3.05, 3.63) is 34.9 Å². The van der Waals surface area contributed by atoms with Gasteiger partial charge >= 0.3 is 0 Å². The summed E-state index contributed by atoms with van der Waals surface area (Å²) in [6.45, 7) is 6.77. The van der Waals surface area contributed by atoms with E-state index in [1.807, 2.05) is 0 Å². The first-order chi connectivity index (χ1) is 10.3. The molecule has 1 rings (SSSR count). The van der Waals surface area contributed by atoms with E-state index in [4.69, 9.17) is 0 Å². The number of unbranched alkanes of at least 4 members (excludes halogenated alkanes) is 9. The normalized spacial score (nSPS) is 11.0. The third kappa shape index (κ3) is 8.29. The molecular formula is C21H36. The van der Waals surface area contributed by atoms with Crippen LogP contribution < -0.4 is 0 Å². The van der Waals surface area contributed by atoms with E-state index < -0.39 is 0 Å². The van der Waals surface area contributed by atoms with E-state index in [9.17, 15) is 0 Å². The van der Waals surface area contributed by atoms with E-state index in [-0.39, 0.29) is 0 Å². The van der Waals surface area contributed by atoms with Crippen molar-refractivity contribution in [2.75, 3.05) is 0 Å². The zero-order chi connectivity index (χ0) is 15.3. The second-order valence-electron chi connectivity index (χ2n) is 6.56. The molecule has 0 aromatic heterocycles. The number of benzene rings is 1. The van der Waals surface area contributed by atoms with Crippen molar-refractivity contribution in [3.63, 3.8) is 0 Å². The summed E-state index contributed by atoms with van der Waals surface area (Å²) in [4.78, 5) is 0. The summed E-state index contributed by atoms with van der Waals surface area (Å²) < 4.78 is 0. The molecule has 0 amide bonds. The van der Waals surface area contributed by atoms with Gasteiger partial charge in [0.25, 0.3) is 0 Å². The molecule has 1 aromatic rings. The summed E-state index contributed by atoms with van der Waals surface area (Å²) in [7, 11) is 0. The Morgan fingerprint density at radius 1 is 0.667 bits per heavy atom. The second-order valence-corrected chi connectivity index (χ2v) is 6.56. The van der Waals surface area contributed by atoms with Crippen LogP contribution >= 0.6 is 0 Å². The number of aryl methyl sites for hydroxylation is 3. The van der Waals surface area contributed by atoms with Crippen LogP contribution in [-0.2, 0) is 12.8 Å². The van der Waals surface area contributed by atoms with Crippen molar-refractivity contribution in [2.24, 2.45) is 0 Å². The molecule has 0 aliphatic rings. The molecule has 0 nitrogen and oxygen atoms in total. The van der Waals surface area contributed by atoms with Crippen molar-refractivity contribution in [2.45, 2.75) is 97.8 Å². The molecule has 0 aliphatic heterocycles. The van der Waals surface area contributed by atoms with Crippen LogP contribution in [0, 0.1) is 6.92 Å². The van der Waals surface area contributed by atoms with E-state index in [0.717, 1.165) is 0 Å². The predicted molar refractivity (Wildman–Crippen MR) is 96.1 cm³/mol. The minimum atomic E-state index is 1.17. The van der Waals surface area contributed by atoms with E-state index >= 15 is 0 Å². The Bertz CT molecular complexity index is 364. The maximum atomic E-state index is 2.40. The Labute approximate surface area is 133 Å². The molecule has 0 saturated carbocycles. The van der Waals surface area contributed by atoms with Crippen molar-refractivity contribution >= 4 is 0 Å². The average Bonchev–Trinajstić information content (AvgIpc) is 2.49. The Morgan fingerprint density at radius 2 is 1.24 bits per heavy atom. The van der Waals surface area contributed by atoms with E-state index in [0.29, 0.717) is 0 Å². The van der Waals surface area contributed by atoms with Crippen LogP contribution in [0.15, 0.2) is 18.2 Å². The zero-order valence-electron chi connectivity index (χ0n) is 14.7. The molecule has 120 valence electrons. The molecule has 21 heavy (non-hydrogen) atoms. The van der Waals surface area contributed by atoms with Crippen LogP contribution in [0.5, 0.6) is 0 Å². The molecule has 0 unspecified atom stereocenters. The first-order valence-corrected chi connectivity index (χ1v) is 9.36. The lowest BCUT2D eigenvalue weighted by Gasteiger charge is -2.09. The van der Waals surface area contributed by atoms with Gasteiger partial charge in [0, 0.05) is 0 Å². The summed E-state index contributed by atoms with van der Waals surface area (Å²) in [6.07, 6.45) is 16.7. The smallest absolute Gasteiger partial charge is 0.0276 e. The predicted octanol–water partition coefficient (Wildman–Crippen LogP) is 7.02. The highest BCUT2D eigenvalue weighted by molar-refractivity contribution is 5.31. The minimum absolute atomic E-state index is 1.17. The topological polar surface area (TPSA) is 0 Å². The highest BCUT2D eigenvalue weighted by atomic mass is 14.1. The average molecular weight is 289 g/mol. The Hall–Kier alpha value is -0.780.